The zero-order chi connectivity index (χ0) is 23.8. The summed E-state index contributed by atoms with van der Waals surface area (Å²) in [5.74, 6) is 0. The summed E-state index contributed by atoms with van der Waals surface area (Å²) in [6.45, 7) is 2.85. The highest BCUT2D eigenvalue weighted by atomic mass is 32.1. The average molecular weight is 499 g/mol. The second-order valence-corrected chi connectivity index (χ2v) is 10.3. The van der Waals surface area contributed by atoms with E-state index in [1.807, 2.05) is 55.0 Å². The number of carbonyl (C=O) groups excluding carboxylic acids is 1. The number of aromatic nitrogens is 2. The van der Waals surface area contributed by atoms with E-state index in [1.165, 1.54) is 4.70 Å². The van der Waals surface area contributed by atoms with Crippen molar-refractivity contribution >= 4 is 66.1 Å². The van der Waals surface area contributed by atoms with Gasteiger partial charge < -0.3 is 10.1 Å². The van der Waals surface area contributed by atoms with Crippen molar-refractivity contribution in [1.29, 1.82) is 0 Å². The van der Waals surface area contributed by atoms with Crippen molar-refractivity contribution in [2.75, 3.05) is 11.9 Å². The molecule has 4 heterocycles. The van der Waals surface area contributed by atoms with Crippen molar-refractivity contribution in [3.63, 3.8) is 0 Å². The minimum atomic E-state index is -0.299. The summed E-state index contributed by atoms with van der Waals surface area (Å²) in [5, 5.41) is 4.59. The fourth-order valence-electron chi connectivity index (χ4n) is 4.32. The van der Waals surface area contributed by atoms with E-state index in [2.05, 4.69) is 45.6 Å². The van der Waals surface area contributed by atoms with Crippen LogP contribution in [0.4, 0.5) is 16.2 Å². The van der Waals surface area contributed by atoms with Crippen LogP contribution in [0.15, 0.2) is 78.4 Å². The summed E-state index contributed by atoms with van der Waals surface area (Å²) >= 11 is 3.28. The Labute approximate surface area is 210 Å². The SMILES string of the molecule is CC1C(c2cc3c(Nc4ccc5scnc5c4)ccnc3s2)=CCN1C(=O)OCc1ccccc1. The molecule has 5 aromatic rings. The van der Waals surface area contributed by atoms with Gasteiger partial charge in [0.1, 0.15) is 11.4 Å². The third-order valence-corrected chi connectivity index (χ3v) is 8.10. The van der Waals surface area contributed by atoms with E-state index in [4.69, 9.17) is 4.74 Å². The monoisotopic (exact) mass is 498 g/mol. The predicted octanol–water partition coefficient (Wildman–Crippen LogP) is 7.07. The number of rotatable bonds is 5. The zero-order valence-corrected chi connectivity index (χ0v) is 20.6. The number of carbonyl (C=O) groups is 1. The second-order valence-electron chi connectivity index (χ2n) is 8.38. The molecule has 1 N–H and O–H groups in total. The van der Waals surface area contributed by atoms with Crippen LogP contribution in [-0.2, 0) is 11.3 Å². The number of anilines is 2. The largest absolute Gasteiger partial charge is 0.445 e. The molecule has 6 nitrogen and oxygen atoms in total. The number of hydrogen-bond donors (Lipinski definition) is 1. The molecule has 3 aromatic heterocycles. The molecule has 0 radical (unpaired) electrons. The van der Waals surface area contributed by atoms with Crippen molar-refractivity contribution in [2.45, 2.75) is 19.6 Å². The van der Waals surface area contributed by atoms with Crippen LogP contribution in [0.25, 0.3) is 26.0 Å². The Morgan fingerprint density at radius 2 is 2.03 bits per heavy atom. The number of thiophene rings is 1. The van der Waals surface area contributed by atoms with E-state index < -0.39 is 0 Å². The van der Waals surface area contributed by atoms with Gasteiger partial charge in [-0.1, -0.05) is 36.4 Å². The molecule has 0 aliphatic carbocycles. The molecular weight excluding hydrogens is 476 g/mol. The first-order valence-electron chi connectivity index (χ1n) is 11.3. The maximum atomic E-state index is 12.8. The Balaban J connectivity index is 1.20. The molecule has 6 rings (SSSR count). The fourth-order valence-corrected chi connectivity index (χ4v) is 6.12. The van der Waals surface area contributed by atoms with E-state index in [-0.39, 0.29) is 18.7 Å². The number of hydrogen-bond acceptors (Lipinski definition) is 7. The van der Waals surface area contributed by atoms with Crippen LogP contribution >= 0.6 is 22.7 Å². The fraction of sp³-hybridized carbons (Fsp3) is 0.148. The Hall–Kier alpha value is -3.75. The van der Waals surface area contributed by atoms with Gasteiger partial charge in [0.15, 0.2) is 0 Å². The van der Waals surface area contributed by atoms with Gasteiger partial charge in [-0.25, -0.2) is 14.8 Å². The molecule has 2 aromatic carbocycles. The van der Waals surface area contributed by atoms with E-state index in [9.17, 15) is 4.79 Å². The van der Waals surface area contributed by atoms with E-state index in [0.29, 0.717) is 6.54 Å². The third-order valence-electron chi connectivity index (χ3n) is 6.19. The smallest absolute Gasteiger partial charge is 0.410 e. The summed E-state index contributed by atoms with van der Waals surface area (Å²) < 4.78 is 6.73. The van der Waals surface area contributed by atoms with Gasteiger partial charge in [-0.2, -0.15) is 0 Å². The lowest BCUT2D eigenvalue weighted by atomic mass is 10.1. The molecular formula is C27H22N4O2S2. The molecule has 0 fully saturated rings. The topological polar surface area (TPSA) is 67.4 Å². The number of fused-ring (bicyclic) bond motifs is 2. The highest BCUT2D eigenvalue weighted by molar-refractivity contribution is 7.19. The molecule has 1 unspecified atom stereocenters. The average Bonchev–Trinajstić information content (AvgIpc) is 3.61. The third kappa shape index (κ3) is 4.26. The van der Waals surface area contributed by atoms with Gasteiger partial charge in [0.05, 0.1) is 27.5 Å². The van der Waals surface area contributed by atoms with Gasteiger partial charge in [0.2, 0.25) is 0 Å². The van der Waals surface area contributed by atoms with E-state index >= 15 is 0 Å². The van der Waals surface area contributed by atoms with Gasteiger partial charge in [0, 0.05) is 28.7 Å². The van der Waals surface area contributed by atoms with Gasteiger partial charge in [-0.05, 0) is 48.4 Å². The maximum Gasteiger partial charge on any atom is 0.410 e. The number of nitrogens with one attached hydrogen (secondary N) is 1. The molecule has 0 spiro atoms. The minimum Gasteiger partial charge on any atom is -0.445 e. The van der Waals surface area contributed by atoms with Crippen LogP contribution in [-0.4, -0.2) is 33.5 Å². The van der Waals surface area contributed by atoms with Crippen LogP contribution in [0.5, 0.6) is 0 Å². The highest BCUT2D eigenvalue weighted by Crippen LogP contribution is 2.38. The molecule has 1 aliphatic heterocycles. The zero-order valence-electron chi connectivity index (χ0n) is 19.0. The Morgan fingerprint density at radius 1 is 1.14 bits per heavy atom. The first kappa shape index (κ1) is 21.8. The summed E-state index contributed by atoms with van der Waals surface area (Å²) in [6.07, 6.45) is 3.64. The van der Waals surface area contributed by atoms with Crippen molar-refractivity contribution in [3.05, 3.63) is 88.9 Å². The first-order chi connectivity index (χ1) is 17.2. The van der Waals surface area contributed by atoms with Crippen LogP contribution in [0, 0.1) is 0 Å². The number of benzene rings is 2. The lowest BCUT2D eigenvalue weighted by molar-refractivity contribution is 0.0977. The van der Waals surface area contributed by atoms with E-state index in [0.717, 1.165) is 43.1 Å². The molecule has 1 amide bonds. The minimum absolute atomic E-state index is 0.0742. The van der Waals surface area contributed by atoms with Gasteiger partial charge in [-0.15, -0.1) is 22.7 Å². The number of ether oxygens (including phenoxy) is 1. The summed E-state index contributed by atoms with van der Waals surface area (Å²) in [7, 11) is 0. The molecule has 174 valence electrons. The van der Waals surface area contributed by atoms with Gasteiger partial charge in [0.25, 0.3) is 0 Å². The molecule has 0 bridgehead atoms. The van der Waals surface area contributed by atoms with Gasteiger partial charge in [-0.3, -0.25) is 4.90 Å². The van der Waals surface area contributed by atoms with Crippen molar-refractivity contribution in [3.8, 4) is 0 Å². The summed E-state index contributed by atoms with van der Waals surface area (Å²) in [5.41, 5.74) is 6.94. The molecule has 0 saturated carbocycles. The molecule has 1 atom stereocenters. The Bertz CT molecular complexity index is 1560. The van der Waals surface area contributed by atoms with E-state index in [1.54, 1.807) is 27.6 Å². The molecule has 8 heteroatoms. The Morgan fingerprint density at radius 3 is 2.91 bits per heavy atom. The quantitative estimate of drug-likeness (QED) is 0.281. The molecule has 0 saturated heterocycles. The van der Waals surface area contributed by atoms with Crippen molar-refractivity contribution < 1.29 is 9.53 Å². The molecule has 35 heavy (non-hydrogen) atoms. The number of pyridine rings is 1. The van der Waals surface area contributed by atoms with Crippen LogP contribution < -0.4 is 5.32 Å². The summed E-state index contributed by atoms with van der Waals surface area (Å²) in [4.78, 5) is 25.6. The lowest BCUT2D eigenvalue weighted by Gasteiger charge is -2.23. The van der Waals surface area contributed by atoms with Crippen LogP contribution in [0.3, 0.4) is 0 Å². The Kier molecular flexibility index (Phi) is 5.67. The predicted molar refractivity (Wildman–Crippen MR) is 143 cm³/mol. The van der Waals surface area contributed by atoms with Crippen LogP contribution in [0.1, 0.15) is 17.4 Å². The van der Waals surface area contributed by atoms with Crippen molar-refractivity contribution in [2.24, 2.45) is 0 Å². The van der Waals surface area contributed by atoms with Gasteiger partial charge >= 0.3 is 6.09 Å². The number of amides is 1. The lowest BCUT2D eigenvalue weighted by Crippen LogP contribution is -2.35. The highest BCUT2D eigenvalue weighted by Gasteiger charge is 2.30. The second kappa shape index (κ2) is 9.13. The normalized spacial score (nSPS) is 15.5. The summed E-state index contributed by atoms with van der Waals surface area (Å²) in [6, 6.07) is 20.0. The van der Waals surface area contributed by atoms with Crippen molar-refractivity contribution in [1.82, 2.24) is 14.9 Å². The van der Waals surface area contributed by atoms with Crippen LogP contribution in [0.2, 0.25) is 0 Å². The number of nitrogens with zero attached hydrogens (tertiary/aromatic N) is 3. The maximum absolute atomic E-state index is 12.8. The first-order valence-corrected chi connectivity index (χ1v) is 13.0. The number of thiazole rings is 1. The molecule has 1 aliphatic rings. The standard InChI is InChI=1S/C27H22N4O2S2/c1-17-20(10-12-31(17)27(32)33-15-18-5-3-2-4-6-18)25-14-21-22(9-11-28-26(21)35-25)30-19-7-8-24-23(13-19)29-16-34-24/h2-11,13-14,16-17H,12,15H2,1H3,(H,28,30).